The highest BCUT2D eigenvalue weighted by atomic mass is 15.1. The zero-order valence-corrected chi connectivity index (χ0v) is 15.2. The van der Waals surface area contributed by atoms with E-state index in [-0.39, 0.29) is 0 Å². The van der Waals surface area contributed by atoms with Crippen LogP contribution in [0.15, 0.2) is 47.5 Å². The van der Waals surface area contributed by atoms with Gasteiger partial charge in [-0.05, 0) is 49.6 Å². The van der Waals surface area contributed by atoms with E-state index in [9.17, 15) is 0 Å². The van der Waals surface area contributed by atoms with E-state index in [1.54, 1.807) is 0 Å². The molecule has 0 aromatic heterocycles. The summed E-state index contributed by atoms with van der Waals surface area (Å²) in [5, 5.41) is 0. The number of anilines is 2. The van der Waals surface area contributed by atoms with Gasteiger partial charge in [0.05, 0.1) is 5.69 Å². The minimum Gasteiger partial charge on any atom is -0.378 e. The molecule has 0 saturated carbocycles. The fourth-order valence-electron chi connectivity index (χ4n) is 3.23. The van der Waals surface area contributed by atoms with Crippen LogP contribution in [0.4, 0.5) is 17.1 Å². The highest BCUT2D eigenvalue weighted by Crippen LogP contribution is 2.35. The van der Waals surface area contributed by atoms with E-state index in [0.717, 1.165) is 18.5 Å². The number of aliphatic imine (C=N–C) groups is 1. The number of nitrogens with zero attached hydrogens (tertiary/aromatic N) is 3. The summed E-state index contributed by atoms with van der Waals surface area (Å²) >= 11 is 0. The normalized spacial score (nSPS) is 17.2. The molecule has 1 unspecified atom stereocenters. The van der Waals surface area contributed by atoms with Gasteiger partial charge >= 0.3 is 0 Å². The molecule has 3 rings (SSSR count). The van der Waals surface area contributed by atoms with Crippen molar-refractivity contribution in [3.8, 4) is 0 Å². The minimum absolute atomic E-state index is 0.604. The van der Waals surface area contributed by atoms with E-state index in [2.05, 4.69) is 80.3 Å². The van der Waals surface area contributed by atoms with Gasteiger partial charge in [-0.2, -0.15) is 0 Å². The topological polar surface area (TPSA) is 18.8 Å². The van der Waals surface area contributed by atoms with Crippen LogP contribution in [-0.4, -0.2) is 33.4 Å². The summed E-state index contributed by atoms with van der Waals surface area (Å²) in [4.78, 5) is 9.26. The van der Waals surface area contributed by atoms with E-state index >= 15 is 0 Å². The predicted molar refractivity (Wildman–Crippen MR) is 105 cm³/mol. The average molecular weight is 321 g/mol. The molecule has 1 atom stereocenters. The molecule has 0 saturated heterocycles. The molecule has 1 heterocycles. The molecule has 0 aliphatic carbocycles. The molecule has 3 heteroatoms. The Morgan fingerprint density at radius 2 is 1.92 bits per heavy atom. The zero-order chi connectivity index (χ0) is 17.1. The van der Waals surface area contributed by atoms with Crippen molar-refractivity contribution in [3.05, 3.63) is 53.6 Å². The van der Waals surface area contributed by atoms with Gasteiger partial charge in [-0.3, -0.25) is 4.99 Å². The first kappa shape index (κ1) is 16.6. The molecule has 0 N–H and O–H groups in total. The monoisotopic (exact) mass is 321 g/mol. The Labute approximate surface area is 145 Å². The average Bonchev–Trinajstić information content (AvgIpc) is 2.59. The van der Waals surface area contributed by atoms with E-state index in [1.165, 1.54) is 28.9 Å². The third-order valence-corrected chi connectivity index (χ3v) is 4.99. The first-order chi connectivity index (χ1) is 11.6. The van der Waals surface area contributed by atoms with Gasteiger partial charge in [0, 0.05) is 56.8 Å². The Hall–Kier alpha value is -2.29. The maximum atomic E-state index is 4.77. The third-order valence-electron chi connectivity index (χ3n) is 4.99. The SMILES string of the molecule is CC1CCc2c(/N=C/Cc3ccc(N(C)C)cc3)cccc2N1C. The van der Waals surface area contributed by atoms with E-state index in [4.69, 9.17) is 4.99 Å². The largest absolute Gasteiger partial charge is 0.378 e. The molecule has 1 aliphatic heterocycles. The summed E-state index contributed by atoms with van der Waals surface area (Å²) in [5.74, 6) is 0. The summed E-state index contributed by atoms with van der Waals surface area (Å²) in [6.07, 6.45) is 5.22. The van der Waals surface area contributed by atoms with E-state index in [1.807, 2.05) is 6.21 Å². The summed E-state index contributed by atoms with van der Waals surface area (Å²) < 4.78 is 0. The van der Waals surface area contributed by atoms with E-state index in [0.29, 0.717) is 6.04 Å². The van der Waals surface area contributed by atoms with Crippen LogP contribution in [0.2, 0.25) is 0 Å². The van der Waals surface area contributed by atoms with Crippen LogP contribution in [0.25, 0.3) is 0 Å². The van der Waals surface area contributed by atoms with Gasteiger partial charge in [-0.15, -0.1) is 0 Å². The van der Waals surface area contributed by atoms with Crippen LogP contribution < -0.4 is 9.80 Å². The van der Waals surface area contributed by atoms with Gasteiger partial charge in [-0.25, -0.2) is 0 Å². The molecular formula is C21H27N3. The Morgan fingerprint density at radius 1 is 1.17 bits per heavy atom. The molecular weight excluding hydrogens is 294 g/mol. The summed E-state index contributed by atoms with van der Waals surface area (Å²) in [7, 11) is 6.31. The van der Waals surface area contributed by atoms with Crippen molar-refractivity contribution in [1.82, 2.24) is 0 Å². The van der Waals surface area contributed by atoms with Gasteiger partial charge in [0.1, 0.15) is 0 Å². The lowest BCUT2D eigenvalue weighted by molar-refractivity contribution is 0.599. The molecule has 2 aromatic rings. The van der Waals surface area contributed by atoms with Crippen molar-refractivity contribution >= 4 is 23.3 Å². The van der Waals surface area contributed by atoms with Crippen LogP contribution in [-0.2, 0) is 12.8 Å². The number of rotatable bonds is 4. The van der Waals surface area contributed by atoms with Crippen LogP contribution >= 0.6 is 0 Å². The number of fused-ring (bicyclic) bond motifs is 1. The van der Waals surface area contributed by atoms with Crippen molar-refractivity contribution < 1.29 is 0 Å². The Kier molecular flexibility index (Phi) is 4.89. The maximum Gasteiger partial charge on any atom is 0.0678 e. The molecule has 1 aliphatic rings. The van der Waals surface area contributed by atoms with Crippen molar-refractivity contribution in [3.63, 3.8) is 0 Å². The molecule has 3 nitrogen and oxygen atoms in total. The molecule has 0 bridgehead atoms. The molecule has 0 fully saturated rings. The van der Waals surface area contributed by atoms with Crippen molar-refractivity contribution in [2.24, 2.45) is 4.99 Å². The van der Waals surface area contributed by atoms with Crippen molar-refractivity contribution in [1.29, 1.82) is 0 Å². The van der Waals surface area contributed by atoms with Crippen molar-refractivity contribution in [2.75, 3.05) is 30.9 Å². The van der Waals surface area contributed by atoms with Crippen LogP contribution in [0.1, 0.15) is 24.5 Å². The molecule has 2 aromatic carbocycles. The summed E-state index contributed by atoms with van der Waals surface area (Å²) in [6.45, 7) is 2.29. The minimum atomic E-state index is 0.604. The fourth-order valence-corrected chi connectivity index (χ4v) is 3.23. The zero-order valence-electron chi connectivity index (χ0n) is 15.2. The number of hydrogen-bond donors (Lipinski definition) is 0. The van der Waals surface area contributed by atoms with E-state index < -0.39 is 0 Å². The maximum absolute atomic E-state index is 4.77. The van der Waals surface area contributed by atoms with Crippen LogP contribution in [0.5, 0.6) is 0 Å². The number of hydrogen-bond acceptors (Lipinski definition) is 3. The Balaban J connectivity index is 1.73. The predicted octanol–water partition coefficient (Wildman–Crippen LogP) is 4.47. The molecule has 126 valence electrons. The Morgan fingerprint density at radius 3 is 2.62 bits per heavy atom. The lowest BCUT2D eigenvalue weighted by atomic mass is 9.96. The van der Waals surface area contributed by atoms with Crippen LogP contribution in [0, 0.1) is 0 Å². The smallest absolute Gasteiger partial charge is 0.0678 e. The highest BCUT2D eigenvalue weighted by Gasteiger charge is 2.21. The first-order valence-electron chi connectivity index (χ1n) is 8.70. The molecule has 24 heavy (non-hydrogen) atoms. The standard InChI is InChI=1S/C21H27N3/c1-16-8-13-19-20(6-5-7-21(19)24(16)4)22-15-14-17-9-11-18(12-10-17)23(2)3/h5-7,9-12,15-16H,8,13-14H2,1-4H3/b22-15+. The molecule has 0 amide bonds. The van der Waals surface area contributed by atoms with Gasteiger partial charge in [0.25, 0.3) is 0 Å². The fraction of sp³-hybridized carbons (Fsp3) is 0.381. The lowest BCUT2D eigenvalue weighted by Crippen LogP contribution is -2.33. The second-order valence-electron chi connectivity index (χ2n) is 6.85. The third kappa shape index (κ3) is 3.45. The second-order valence-corrected chi connectivity index (χ2v) is 6.85. The van der Waals surface area contributed by atoms with Crippen molar-refractivity contribution in [2.45, 2.75) is 32.2 Å². The quantitative estimate of drug-likeness (QED) is 0.774. The van der Waals surface area contributed by atoms with Gasteiger partial charge in [-0.1, -0.05) is 18.2 Å². The van der Waals surface area contributed by atoms with Gasteiger partial charge in [0.15, 0.2) is 0 Å². The Bertz CT molecular complexity index is 716. The number of benzene rings is 2. The van der Waals surface area contributed by atoms with Gasteiger partial charge in [0.2, 0.25) is 0 Å². The molecule has 0 radical (unpaired) electrons. The summed E-state index contributed by atoms with van der Waals surface area (Å²) in [6, 6.07) is 15.7. The lowest BCUT2D eigenvalue weighted by Gasteiger charge is -2.34. The summed E-state index contributed by atoms with van der Waals surface area (Å²) in [5.41, 5.74) is 6.36. The molecule has 0 spiro atoms. The van der Waals surface area contributed by atoms with Gasteiger partial charge < -0.3 is 9.80 Å². The second kappa shape index (κ2) is 7.08. The first-order valence-corrected chi connectivity index (χ1v) is 8.70. The van der Waals surface area contributed by atoms with Crippen LogP contribution in [0.3, 0.4) is 0 Å². The highest BCUT2D eigenvalue weighted by molar-refractivity contribution is 5.72.